The van der Waals surface area contributed by atoms with Crippen LogP contribution in [-0.2, 0) is 14.4 Å². The standard InChI is InChI=1S/C20H15BrN2O5S/c1-11(24)28-17-8-3-13(21)9-12(17)10-16-18(25)22-20(29)23(19(16)26)14-4-6-15(27-2)7-5-14/h3-10H,1-2H3,(H,22,25,29)/b16-10-. The number of anilines is 1. The van der Waals surface area contributed by atoms with Gasteiger partial charge >= 0.3 is 5.97 Å². The Morgan fingerprint density at radius 1 is 1.17 bits per heavy atom. The lowest BCUT2D eigenvalue weighted by Gasteiger charge is -2.29. The average molecular weight is 475 g/mol. The Hall–Kier alpha value is -3.04. The molecule has 29 heavy (non-hydrogen) atoms. The normalized spacial score (nSPS) is 15.3. The Morgan fingerprint density at radius 2 is 1.86 bits per heavy atom. The van der Waals surface area contributed by atoms with E-state index < -0.39 is 17.8 Å². The number of halogens is 1. The fourth-order valence-electron chi connectivity index (χ4n) is 2.66. The molecule has 1 aliphatic rings. The number of carbonyl (C=O) groups excluding carboxylic acids is 3. The largest absolute Gasteiger partial charge is 0.497 e. The van der Waals surface area contributed by atoms with Crippen LogP contribution in [0.25, 0.3) is 6.08 Å². The second-order valence-corrected chi connectivity index (χ2v) is 7.23. The molecule has 0 saturated carbocycles. The summed E-state index contributed by atoms with van der Waals surface area (Å²) in [6.45, 7) is 1.27. The quantitative estimate of drug-likeness (QED) is 0.240. The van der Waals surface area contributed by atoms with Crippen molar-refractivity contribution in [2.24, 2.45) is 0 Å². The van der Waals surface area contributed by atoms with Crippen molar-refractivity contribution in [1.29, 1.82) is 0 Å². The molecule has 0 spiro atoms. The summed E-state index contributed by atoms with van der Waals surface area (Å²) in [5.74, 6) is -0.925. The van der Waals surface area contributed by atoms with E-state index in [1.807, 2.05) is 0 Å². The second kappa shape index (κ2) is 8.54. The highest BCUT2D eigenvalue weighted by Crippen LogP contribution is 2.28. The fraction of sp³-hybridized carbons (Fsp3) is 0.100. The summed E-state index contributed by atoms with van der Waals surface area (Å²) in [4.78, 5) is 38.1. The predicted octanol–water partition coefficient (Wildman–Crippen LogP) is 3.21. The third-order valence-electron chi connectivity index (χ3n) is 3.96. The summed E-state index contributed by atoms with van der Waals surface area (Å²) >= 11 is 8.51. The Balaban J connectivity index is 2.03. The molecular weight excluding hydrogens is 460 g/mol. The minimum absolute atomic E-state index is 0.0308. The van der Waals surface area contributed by atoms with Crippen molar-refractivity contribution < 1.29 is 23.9 Å². The lowest BCUT2D eigenvalue weighted by Crippen LogP contribution is -2.54. The van der Waals surface area contributed by atoms with Crippen LogP contribution in [0, 0.1) is 0 Å². The molecule has 2 aromatic carbocycles. The maximum Gasteiger partial charge on any atom is 0.308 e. The third-order valence-corrected chi connectivity index (χ3v) is 4.74. The van der Waals surface area contributed by atoms with E-state index in [1.165, 1.54) is 25.0 Å². The molecule has 148 valence electrons. The molecular formula is C20H15BrN2O5S. The highest BCUT2D eigenvalue weighted by Gasteiger charge is 2.34. The molecule has 0 aliphatic carbocycles. The van der Waals surface area contributed by atoms with Crippen LogP contribution in [0.5, 0.6) is 11.5 Å². The van der Waals surface area contributed by atoms with Crippen molar-refractivity contribution in [2.75, 3.05) is 12.0 Å². The number of hydrogen-bond donors (Lipinski definition) is 1. The van der Waals surface area contributed by atoms with Gasteiger partial charge in [-0.1, -0.05) is 15.9 Å². The minimum Gasteiger partial charge on any atom is -0.497 e. The van der Waals surface area contributed by atoms with Crippen LogP contribution >= 0.6 is 28.1 Å². The van der Waals surface area contributed by atoms with Crippen molar-refractivity contribution in [3.8, 4) is 11.5 Å². The Kier molecular flexibility index (Phi) is 6.09. The van der Waals surface area contributed by atoms with E-state index in [-0.39, 0.29) is 16.4 Å². The Labute approximate surface area is 180 Å². The molecule has 2 amide bonds. The van der Waals surface area contributed by atoms with Gasteiger partial charge in [-0.25, -0.2) is 0 Å². The molecule has 1 N–H and O–H groups in total. The zero-order chi connectivity index (χ0) is 21.1. The summed E-state index contributed by atoms with van der Waals surface area (Å²) in [7, 11) is 1.53. The van der Waals surface area contributed by atoms with Crippen LogP contribution in [0.1, 0.15) is 12.5 Å². The first-order valence-electron chi connectivity index (χ1n) is 8.33. The topological polar surface area (TPSA) is 84.9 Å². The molecule has 2 aromatic rings. The number of benzene rings is 2. The van der Waals surface area contributed by atoms with Gasteiger partial charge in [-0.15, -0.1) is 0 Å². The van der Waals surface area contributed by atoms with E-state index in [0.29, 0.717) is 21.5 Å². The SMILES string of the molecule is COc1ccc(N2C(=O)/C(=C\c3cc(Br)ccc3OC(C)=O)C(=O)NC2=S)cc1. The molecule has 3 rings (SSSR count). The Bertz CT molecular complexity index is 1050. The van der Waals surface area contributed by atoms with Gasteiger partial charge in [0.05, 0.1) is 12.8 Å². The van der Waals surface area contributed by atoms with Gasteiger partial charge in [0, 0.05) is 17.0 Å². The second-order valence-electron chi connectivity index (χ2n) is 5.93. The van der Waals surface area contributed by atoms with Gasteiger partial charge in [0.25, 0.3) is 11.8 Å². The number of hydrogen-bond acceptors (Lipinski definition) is 6. The molecule has 0 unspecified atom stereocenters. The van der Waals surface area contributed by atoms with E-state index in [9.17, 15) is 14.4 Å². The van der Waals surface area contributed by atoms with Gasteiger partial charge in [-0.2, -0.15) is 0 Å². The van der Waals surface area contributed by atoms with E-state index >= 15 is 0 Å². The fourth-order valence-corrected chi connectivity index (χ4v) is 3.32. The summed E-state index contributed by atoms with van der Waals surface area (Å²) in [6.07, 6.45) is 1.36. The van der Waals surface area contributed by atoms with Crippen molar-refractivity contribution in [3.63, 3.8) is 0 Å². The molecule has 0 atom stereocenters. The van der Waals surface area contributed by atoms with Crippen molar-refractivity contribution in [3.05, 3.63) is 58.1 Å². The summed E-state index contributed by atoms with van der Waals surface area (Å²) in [5, 5.41) is 2.48. The molecule has 1 heterocycles. The highest BCUT2D eigenvalue weighted by molar-refractivity contribution is 9.10. The number of nitrogens with zero attached hydrogens (tertiary/aromatic N) is 1. The van der Waals surface area contributed by atoms with Gasteiger partial charge in [-0.05, 0) is 60.8 Å². The molecule has 1 aliphatic heterocycles. The lowest BCUT2D eigenvalue weighted by molar-refractivity contribution is -0.132. The lowest BCUT2D eigenvalue weighted by atomic mass is 10.1. The van der Waals surface area contributed by atoms with Gasteiger partial charge in [0.1, 0.15) is 17.1 Å². The van der Waals surface area contributed by atoms with Crippen molar-refractivity contribution >= 4 is 62.8 Å². The van der Waals surface area contributed by atoms with Crippen molar-refractivity contribution in [1.82, 2.24) is 5.32 Å². The number of amides is 2. The Morgan fingerprint density at radius 3 is 2.48 bits per heavy atom. The number of rotatable bonds is 4. The number of ether oxygens (including phenoxy) is 2. The molecule has 9 heteroatoms. The van der Waals surface area contributed by atoms with E-state index in [4.69, 9.17) is 21.7 Å². The van der Waals surface area contributed by atoms with Crippen LogP contribution in [-0.4, -0.2) is 30.0 Å². The molecule has 0 bridgehead atoms. The van der Waals surface area contributed by atoms with E-state index in [0.717, 1.165) is 0 Å². The van der Waals surface area contributed by atoms with Gasteiger partial charge < -0.3 is 9.47 Å². The number of esters is 1. The molecule has 1 fully saturated rings. The molecule has 0 aromatic heterocycles. The smallest absolute Gasteiger partial charge is 0.308 e. The van der Waals surface area contributed by atoms with E-state index in [1.54, 1.807) is 42.5 Å². The van der Waals surface area contributed by atoms with Gasteiger partial charge in [-0.3, -0.25) is 24.6 Å². The minimum atomic E-state index is -0.640. The number of methoxy groups -OCH3 is 1. The van der Waals surface area contributed by atoms with Gasteiger partial charge in [0.15, 0.2) is 5.11 Å². The predicted molar refractivity (Wildman–Crippen MR) is 115 cm³/mol. The van der Waals surface area contributed by atoms with Crippen LogP contribution in [0.2, 0.25) is 0 Å². The molecule has 7 nitrogen and oxygen atoms in total. The first-order chi connectivity index (χ1) is 13.8. The number of carbonyl (C=O) groups is 3. The van der Waals surface area contributed by atoms with Crippen LogP contribution < -0.4 is 19.7 Å². The van der Waals surface area contributed by atoms with Crippen LogP contribution in [0.15, 0.2) is 52.5 Å². The first kappa shape index (κ1) is 20.7. The maximum atomic E-state index is 13.1. The van der Waals surface area contributed by atoms with Crippen LogP contribution in [0.4, 0.5) is 5.69 Å². The number of nitrogens with one attached hydrogen (secondary N) is 1. The maximum absolute atomic E-state index is 13.1. The van der Waals surface area contributed by atoms with Crippen LogP contribution in [0.3, 0.4) is 0 Å². The average Bonchev–Trinajstić information content (AvgIpc) is 2.67. The third kappa shape index (κ3) is 4.52. The van der Waals surface area contributed by atoms with Gasteiger partial charge in [0.2, 0.25) is 0 Å². The summed E-state index contributed by atoms with van der Waals surface area (Å²) in [5.41, 5.74) is 0.706. The zero-order valence-electron chi connectivity index (χ0n) is 15.4. The summed E-state index contributed by atoms with van der Waals surface area (Å²) in [6, 6.07) is 11.5. The first-order valence-corrected chi connectivity index (χ1v) is 9.53. The monoisotopic (exact) mass is 474 g/mol. The number of thiocarbonyl (C=S) groups is 1. The highest BCUT2D eigenvalue weighted by atomic mass is 79.9. The summed E-state index contributed by atoms with van der Waals surface area (Å²) < 4.78 is 11.0. The van der Waals surface area contributed by atoms with E-state index in [2.05, 4.69) is 21.2 Å². The molecule has 0 radical (unpaired) electrons. The molecule has 1 saturated heterocycles. The zero-order valence-corrected chi connectivity index (χ0v) is 17.8. The van der Waals surface area contributed by atoms with Crippen molar-refractivity contribution in [2.45, 2.75) is 6.92 Å².